The van der Waals surface area contributed by atoms with E-state index < -0.39 is 5.60 Å². The van der Waals surface area contributed by atoms with Gasteiger partial charge in [-0.15, -0.1) is 0 Å². The van der Waals surface area contributed by atoms with Gasteiger partial charge in [0.15, 0.2) is 0 Å². The van der Waals surface area contributed by atoms with Crippen LogP contribution in [0.1, 0.15) is 33.6 Å². The molecule has 11 heavy (non-hydrogen) atoms. The van der Waals surface area contributed by atoms with Gasteiger partial charge in [0.25, 0.3) is 0 Å². The van der Waals surface area contributed by atoms with Crippen molar-refractivity contribution in [3.05, 3.63) is 0 Å². The predicted molar refractivity (Wildman–Crippen MR) is 44.5 cm³/mol. The molecule has 1 saturated heterocycles. The molecule has 0 spiro atoms. The van der Waals surface area contributed by atoms with Crippen LogP contribution in [-0.2, 0) is 4.74 Å². The fourth-order valence-electron chi connectivity index (χ4n) is 1.37. The van der Waals surface area contributed by atoms with Crippen LogP contribution in [0.15, 0.2) is 0 Å². The highest BCUT2D eigenvalue weighted by atomic mass is 16.5. The molecule has 0 aliphatic carbocycles. The summed E-state index contributed by atoms with van der Waals surface area (Å²) in [5, 5.41) is 10.1. The summed E-state index contributed by atoms with van der Waals surface area (Å²) in [4.78, 5) is 0. The van der Waals surface area contributed by atoms with Crippen molar-refractivity contribution in [3.63, 3.8) is 0 Å². The van der Waals surface area contributed by atoms with Gasteiger partial charge in [0.2, 0.25) is 0 Å². The zero-order valence-electron chi connectivity index (χ0n) is 7.68. The van der Waals surface area contributed by atoms with Crippen molar-refractivity contribution >= 4 is 0 Å². The highest BCUT2D eigenvalue weighted by Crippen LogP contribution is 2.36. The third kappa shape index (κ3) is 1.74. The summed E-state index contributed by atoms with van der Waals surface area (Å²) in [5.74, 6) is 0. The molecule has 2 nitrogen and oxygen atoms in total. The Balaban J connectivity index is 2.64. The first-order chi connectivity index (χ1) is 4.96. The predicted octanol–water partition coefficient (Wildman–Crippen LogP) is 1.57. The first-order valence-corrected chi connectivity index (χ1v) is 4.26. The number of hydrogen-bond donors (Lipinski definition) is 1. The van der Waals surface area contributed by atoms with E-state index in [0.29, 0.717) is 6.61 Å². The van der Waals surface area contributed by atoms with E-state index in [-0.39, 0.29) is 5.41 Å². The van der Waals surface area contributed by atoms with Gasteiger partial charge in [-0.2, -0.15) is 0 Å². The Morgan fingerprint density at radius 1 is 1.36 bits per heavy atom. The third-order valence-electron chi connectivity index (χ3n) is 2.62. The van der Waals surface area contributed by atoms with Gasteiger partial charge in [0.05, 0.1) is 12.2 Å². The zero-order valence-corrected chi connectivity index (χ0v) is 7.68. The maximum absolute atomic E-state index is 10.1. The average Bonchev–Trinajstić information content (AvgIpc) is 1.87. The summed E-state index contributed by atoms with van der Waals surface area (Å²) in [5.41, 5.74) is -0.668. The molecule has 1 heterocycles. The number of ether oxygens (including phenoxy) is 1. The molecule has 66 valence electrons. The minimum Gasteiger partial charge on any atom is -0.387 e. The third-order valence-corrected chi connectivity index (χ3v) is 2.62. The molecular formula is C9H18O2. The summed E-state index contributed by atoms with van der Waals surface area (Å²) in [6.07, 6.45) is 1.85. The van der Waals surface area contributed by atoms with Gasteiger partial charge in [-0.1, -0.05) is 20.8 Å². The first-order valence-electron chi connectivity index (χ1n) is 4.26. The first kappa shape index (κ1) is 9.01. The van der Waals surface area contributed by atoms with Gasteiger partial charge in [0, 0.05) is 6.61 Å². The van der Waals surface area contributed by atoms with Gasteiger partial charge < -0.3 is 9.84 Å². The van der Waals surface area contributed by atoms with E-state index in [0.717, 1.165) is 19.4 Å². The molecule has 1 aliphatic rings. The summed E-state index contributed by atoms with van der Waals surface area (Å²) in [6, 6.07) is 0. The lowest BCUT2D eigenvalue weighted by molar-refractivity contribution is -0.144. The molecule has 0 saturated carbocycles. The molecule has 1 fully saturated rings. The smallest absolute Gasteiger partial charge is 0.0928 e. The standard InChI is InChI=1S/C9H18O2/c1-8(2,3)9(10)5-4-6-11-7-9/h10H,4-7H2,1-3H3/t9-/m1/s1. The van der Waals surface area contributed by atoms with E-state index in [2.05, 4.69) is 20.8 Å². The van der Waals surface area contributed by atoms with Crippen LogP contribution in [0.4, 0.5) is 0 Å². The summed E-state index contributed by atoms with van der Waals surface area (Å²) in [7, 11) is 0. The molecule has 1 N–H and O–H groups in total. The van der Waals surface area contributed by atoms with E-state index in [9.17, 15) is 5.11 Å². The fraction of sp³-hybridized carbons (Fsp3) is 1.00. The van der Waals surface area contributed by atoms with Gasteiger partial charge in [-0.05, 0) is 18.3 Å². The number of aliphatic hydroxyl groups is 1. The Morgan fingerprint density at radius 2 is 2.00 bits per heavy atom. The molecule has 1 atom stereocenters. The topological polar surface area (TPSA) is 29.5 Å². The second-order valence-electron chi connectivity index (χ2n) is 4.44. The lowest BCUT2D eigenvalue weighted by Crippen LogP contribution is -2.49. The van der Waals surface area contributed by atoms with Gasteiger partial charge in [-0.25, -0.2) is 0 Å². The minimum atomic E-state index is -0.606. The molecule has 1 rings (SSSR count). The summed E-state index contributed by atoms with van der Waals surface area (Å²) >= 11 is 0. The molecular weight excluding hydrogens is 140 g/mol. The highest BCUT2D eigenvalue weighted by Gasteiger charge is 2.41. The van der Waals surface area contributed by atoms with Crippen molar-refractivity contribution in [2.75, 3.05) is 13.2 Å². The molecule has 0 aromatic rings. The normalized spacial score (nSPS) is 33.8. The van der Waals surface area contributed by atoms with E-state index in [4.69, 9.17) is 4.74 Å². The fourth-order valence-corrected chi connectivity index (χ4v) is 1.37. The lowest BCUT2D eigenvalue weighted by atomic mass is 9.73. The Bertz CT molecular complexity index is 129. The molecule has 2 heteroatoms. The molecule has 0 bridgehead atoms. The average molecular weight is 158 g/mol. The molecule has 1 aliphatic heterocycles. The highest BCUT2D eigenvalue weighted by molar-refractivity contribution is 4.91. The van der Waals surface area contributed by atoms with Crippen molar-refractivity contribution < 1.29 is 9.84 Å². The van der Waals surface area contributed by atoms with E-state index in [1.807, 2.05) is 0 Å². The monoisotopic (exact) mass is 158 g/mol. The minimum absolute atomic E-state index is 0.0621. The quantitative estimate of drug-likeness (QED) is 0.580. The van der Waals surface area contributed by atoms with Crippen LogP contribution in [0.2, 0.25) is 0 Å². The van der Waals surface area contributed by atoms with Crippen LogP contribution in [0.3, 0.4) is 0 Å². The lowest BCUT2D eigenvalue weighted by Gasteiger charge is -2.42. The Kier molecular flexibility index (Phi) is 2.26. The van der Waals surface area contributed by atoms with E-state index in [1.165, 1.54) is 0 Å². The molecule has 0 unspecified atom stereocenters. The Hall–Kier alpha value is -0.0800. The van der Waals surface area contributed by atoms with Gasteiger partial charge in [-0.3, -0.25) is 0 Å². The van der Waals surface area contributed by atoms with Crippen LogP contribution < -0.4 is 0 Å². The molecule has 0 radical (unpaired) electrons. The summed E-state index contributed by atoms with van der Waals surface area (Å²) < 4.78 is 5.26. The van der Waals surface area contributed by atoms with Crippen LogP contribution in [-0.4, -0.2) is 23.9 Å². The van der Waals surface area contributed by atoms with E-state index in [1.54, 1.807) is 0 Å². The van der Waals surface area contributed by atoms with Crippen LogP contribution >= 0.6 is 0 Å². The SMILES string of the molecule is CC(C)(C)[C@@]1(O)CCCOC1. The van der Waals surface area contributed by atoms with E-state index >= 15 is 0 Å². The van der Waals surface area contributed by atoms with Crippen molar-refractivity contribution in [1.29, 1.82) is 0 Å². The van der Waals surface area contributed by atoms with Crippen LogP contribution in [0, 0.1) is 5.41 Å². The maximum atomic E-state index is 10.1. The molecule has 0 amide bonds. The molecule has 0 aromatic heterocycles. The van der Waals surface area contributed by atoms with Crippen LogP contribution in [0.25, 0.3) is 0 Å². The van der Waals surface area contributed by atoms with Gasteiger partial charge >= 0.3 is 0 Å². The number of rotatable bonds is 0. The van der Waals surface area contributed by atoms with Crippen molar-refractivity contribution in [1.82, 2.24) is 0 Å². The molecule has 0 aromatic carbocycles. The van der Waals surface area contributed by atoms with Crippen molar-refractivity contribution in [2.24, 2.45) is 5.41 Å². The van der Waals surface area contributed by atoms with Gasteiger partial charge in [0.1, 0.15) is 0 Å². The second kappa shape index (κ2) is 2.76. The van der Waals surface area contributed by atoms with Crippen molar-refractivity contribution in [2.45, 2.75) is 39.2 Å². The van der Waals surface area contributed by atoms with Crippen LogP contribution in [0.5, 0.6) is 0 Å². The number of hydrogen-bond acceptors (Lipinski definition) is 2. The largest absolute Gasteiger partial charge is 0.387 e. The summed E-state index contributed by atoms with van der Waals surface area (Å²) in [6.45, 7) is 7.47. The maximum Gasteiger partial charge on any atom is 0.0928 e. The Labute approximate surface area is 68.6 Å². The second-order valence-corrected chi connectivity index (χ2v) is 4.44. The van der Waals surface area contributed by atoms with Crippen molar-refractivity contribution in [3.8, 4) is 0 Å². The Morgan fingerprint density at radius 3 is 2.27 bits per heavy atom. The zero-order chi connectivity index (χ0) is 8.54.